The Morgan fingerprint density at radius 2 is 2.12 bits per heavy atom. The molecule has 1 rings (SSSR count). The number of amides is 1. The van der Waals surface area contributed by atoms with Crippen LogP contribution < -0.4 is 5.32 Å². The Morgan fingerprint density at radius 1 is 1.53 bits per heavy atom. The summed E-state index contributed by atoms with van der Waals surface area (Å²) in [6.45, 7) is 0.819. The maximum Gasteiger partial charge on any atom is 0.383 e. The molecule has 1 aliphatic rings. The first-order valence-electron chi connectivity index (χ1n) is 4.99. The van der Waals surface area contributed by atoms with Crippen molar-refractivity contribution in [2.24, 2.45) is 5.92 Å². The number of rotatable bonds is 4. The fourth-order valence-corrected chi connectivity index (χ4v) is 1.78. The Labute approximate surface area is 103 Å². The second-order valence-electron chi connectivity index (χ2n) is 3.89. The molecule has 0 radical (unpaired) electrons. The monoisotopic (exact) mass is 278 g/mol. The molecule has 8 heteroatoms. The molecule has 0 aromatic heterocycles. The lowest BCUT2D eigenvalue weighted by Gasteiger charge is -2.22. The lowest BCUT2D eigenvalue weighted by molar-refractivity contribution is -0.179. The number of alkyl halides is 4. The zero-order valence-corrected chi connectivity index (χ0v) is 10.1. The molecule has 0 spiro atoms. The van der Waals surface area contributed by atoms with Crippen LogP contribution in [0.1, 0.15) is 6.42 Å². The Kier molecular flexibility index (Phi) is 6.18. The molecule has 1 heterocycles. The van der Waals surface area contributed by atoms with Crippen molar-refractivity contribution in [2.75, 3.05) is 26.7 Å². The van der Waals surface area contributed by atoms with Gasteiger partial charge in [-0.3, -0.25) is 4.79 Å². The van der Waals surface area contributed by atoms with Gasteiger partial charge < -0.3 is 10.2 Å². The van der Waals surface area contributed by atoms with Gasteiger partial charge in [-0.2, -0.15) is 8.78 Å². The Morgan fingerprint density at radius 3 is 2.59 bits per heavy atom. The largest absolute Gasteiger partial charge is 0.383 e. The van der Waals surface area contributed by atoms with Crippen molar-refractivity contribution in [1.82, 2.24) is 10.2 Å². The summed E-state index contributed by atoms with van der Waals surface area (Å²) < 4.78 is 49.4. The minimum Gasteiger partial charge on any atom is -0.337 e. The number of hydrogen-bond donors (Lipinski definition) is 1. The first kappa shape index (κ1) is 16.4. The summed E-state index contributed by atoms with van der Waals surface area (Å²) in [4.78, 5) is 11.9. The average molecular weight is 279 g/mol. The number of carbonyl (C=O) groups is 1. The fraction of sp³-hybridized carbons (Fsp3) is 0.889. The van der Waals surface area contributed by atoms with Gasteiger partial charge in [-0.25, -0.2) is 8.78 Å². The first-order chi connectivity index (χ1) is 7.39. The highest BCUT2D eigenvalue weighted by Crippen LogP contribution is 2.28. The maximum atomic E-state index is 12.7. The number of nitrogens with zero attached hydrogens (tertiary/aromatic N) is 1. The predicted octanol–water partition coefficient (Wildman–Crippen LogP) is 1.38. The molecular formula is C9H15ClF4N2O. The van der Waals surface area contributed by atoms with Gasteiger partial charge in [0.1, 0.15) is 0 Å². The van der Waals surface area contributed by atoms with Crippen molar-refractivity contribution in [3.8, 4) is 0 Å². The quantitative estimate of drug-likeness (QED) is 0.788. The minimum absolute atomic E-state index is 0. The van der Waals surface area contributed by atoms with Crippen LogP contribution in [0.5, 0.6) is 0 Å². The predicted molar refractivity (Wildman–Crippen MR) is 56.8 cm³/mol. The van der Waals surface area contributed by atoms with E-state index in [2.05, 4.69) is 5.32 Å². The molecular weight excluding hydrogens is 264 g/mol. The lowest BCUT2D eigenvalue weighted by Crippen LogP contribution is -2.47. The van der Waals surface area contributed by atoms with Crippen molar-refractivity contribution < 1.29 is 22.4 Å². The Balaban J connectivity index is 0.00000256. The van der Waals surface area contributed by atoms with Crippen molar-refractivity contribution in [3.05, 3.63) is 0 Å². The van der Waals surface area contributed by atoms with Gasteiger partial charge in [-0.1, -0.05) is 0 Å². The van der Waals surface area contributed by atoms with Gasteiger partial charge in [-0.15, -0.1) is 12.4 Å². The highest BCUT2D eigenvalue weighted by atomic mass is 35.5. The number of nitrogens with one attached hydrogen (secondary N) is 1. The van der Waals surface area contributed by atoms with Crippen LogP contribution in [-0.4, -0.2) is 49.8 Å². The van der Waals surface area contributed by atoms with Crippen LogP contribution in [-0.2, 0) is 4.79 Å². The van der Waals surface area contributed by atoms with Crippen LogP contribution in [0.3, 0.4) is 0 Å². The summed E-state index contributed by atoms with van der Waals surface area (Å²) in [5.74, 6) is -6.27. The molecule has 1 atom stereocenters. The molecule has 3 nitrogen and oxygen atoms in total. The highest BCUT2D eigenvalue weighted by molar-refractivity contribution is 5.85. The van der Waals surface area contributed by atoms with Gasteiger partial charge in [0, 0.05) is 13.1 Å². The molecule has 0 aliphatic carbocycles. The third-order valence-corrected chi connectivity index (χ3v) is 2.63. The average Bonchev–Trinajstić information content (AvgIpc) is 2.65. The van der Waals surface area contributed by atoms with Gasteiger partial charge >= 0.3 is 12.3 Å². The summed E-state index contributed by atoms with van der Waals surface area (Å²) in [5, 5.41) is 2.86. The third-order valence-electron chi connectivity index (χ3n) is 2.63. The molecule has 0 saturated carbocycles. The smallest absolute Gasteiger partial charge is 0.337 e. The van der Waals surface area contributed by atoms with Crippen LogP contribution in [0.4, 0.5) is 17.6 Å². The van der Waals surface area contributed by atoms with Crippen LogP contribution >= 0.6 is 12.4 Å². The number of likely N-dealkylation sites (tertiary alicyclic amines) is 1. The van der Waals surface area contributed by atoms with Crippen molar-refractivity contribution in [3.63, 3.8) is 0 Å². The summed E-state index contributed by atoms with van der Waals surface area (Å²) >= 11 is 0. The lowest BCUT2D eigenvalue weighted by atomic mass is 10.1. The summed E-state index contributed by atoms with van der Waals surface area (Å²) in [6.07, 6.45) is -3.38. The summed E-state index contributed by atoms with van der Waals surface area (Å²) in [5.41, 5.74) is 0. The molecule has 0 aromatic carbocycles. The molecule has 1 unspecified atom stereocenters. The normalized spacial score (nSPS) is 20.6. The zero-order valence-electron chi connectivity index (χ0n) is 9.26. The molecule has 1 N–H and O–H groups in total. The molecule has 1 aliphatic heterocycles. The zero-order chi connectivity index (χ0) is 12.3. The van der Waals surface area contributed by atoms with E-state index in [0.717, 1.165) is 4.90 Å². The van der Waals surface area contributed by atoms with E-state index in [0.29, 0.717) is 13.0 Å². The van der Waals surface area contributed by atoms with Gasteiger partial charge in [-0.05, 0) is 25.9 Å². The topological polar surface area (TPSA) is 32.3 Å². The number of hydrogen-bond acceptors (Lipinski definition) is 2. The second-order valence-corrected chi connectivity index (χ2v) is 3.89. The van der Waals surface area contributed by atoms with Crippen molar-refractivity contribution >= 4 is 18.3 Å². The third kappa shape index (κ3) is 3.70. The summed E-state index contributed by atoms with van der Waals surface area (Å²) in [7, 11) is 1.71. The molecule has 1 amide bonds. The maximum absolute atomic E-state index is 12.7. The second kappa shape index (κ2) is 6.39. The van der Waals surface area contributed by atoms with Crippen LogP contribution in [0, 0.1) is 5.92 Å². The molecule has 1 saturated heterocycles. The van der Waals surface area contributed by atoms with Crippen LogP contribution in [0.25, 0.3) is 0 Å². The molecule has 1 fully saturated rings. The van der Waals surface area contributed by atoms with E-state index in [9.17, 15) is 22.4 Å². The van der Waals surface area contributed by atoms with Crippen LogP contribution in [0.15, 0.2) is 0 Å². The number of halogens is 5. The van der Waals surface area contributed by atoms with E-state index in [4.69, 9.17) is 0 Å². The molecule has 102 valence electrons. The van der Waals surface area contributed by atoms with Gasteiger partial charge in [0.2, 0.25) is 0 Å². The first-order valence-corrected chi connectivity index (χ1v) is 4.99. The number of carbonyl (C=O) groups excluding carboxylic acids is 1. The van der Waals surface area contributed by atoms with E-state index in [1.165, 1.54) is 0 Å². The molecule has 0 bridgehead atoms. The molecule has 17 heavy (non-hydrogen) atoms. The van der Waals surface area contributed by atoms with Gasteiger partial charge in [0.05, 0.1) is 0 Å². The minimum atomic E-state index is -4.56. The van der Waals surface area contributed by atoms with E-state index in [-0.39, 0.29) is 31.4 Å². The van der Waals surface area contributed by atoms with E-state index < -0.39 is 18.3 Å². The van der Waals surface area contributed by atoms with E-state index in [1.54, 1.807) is 7.05 Å². The Hall–Kier alpha value is -0.560. The van der Waals surface area contributed by atoms with Crippen molar-refractivity contribution in [1.29, 1.82) is 0 Å². The van der Waals surface area contributed by atoms with E-state index >= 15 is 0 Å². The van der Waals surface area contributed by atoms with Crippen molar-refractivity contribution in [2.45, 2.75) is 18.8 Å². The standard InChI is InChI=1S/C9H14F4N2O.ClH/c1-14-4-6-2-3-15(5-6)8(16)9(12,13)7(10)11;/h6-7,14H,2-5H2,1H3;1H. The highest BCUT2D eigenvalue weighted by Gasteiger charge is 2.52. The SMILES string of the molecule is CNCC1CCN(C(=O)C(F)(F)C(F)F)C1.Cl. The van der Waals surface area contributed by atoms with Crippen LogP contribution in [0.2, 0.25) is 0 Å². The van der Waals surface area contributed by atoms with Gasteiger partial charge in [0.25, 0.3) is 5.91 Å². The fourth-order valence-electron chi connectivity index (χ4n) is 1.78. The van der Waals surface area contributed by atoms with Gasteiger partial charge in [0.15, 0.2) is 0 Å². The molecule has 0 aromatic rings. The summed E-state index contributed by atoms with van der Waals surface area (Å²) in [6, 6.07) is 0. The Bertz CT molecular complexity index is 265. The van der Waals surface area contributed by atoms with E-state index in [1.807, 2.05) is 0 Å².